The number of carboxylic acids is 1. The summed E-state index contributed by atoms with van der Waals surface area (Å²) >= 11 is 0. The van der Waals surface area contributed by atoms with Crippen LogP contribution in [-0.2, 0) is 14.4 Å². The Morgan fingerprint density at radius 2 is 1.67 bits per heavy atom. The smallest absolute Gasteiger partial charge is 0.303 e. The van der Waals surface area contributed by atoms with Crippen molar-refractivity contribution in [3.63, 3.8) is 0 Å². The monoisotopic (exact) mass is 300 g/mol. The van der Waals surface area contributed by atoms with Crippen molar-refractivity contribution in [1.29, 1.82) is 0 Å². The largest absolute Gasteiger partial charge is 0.481 e. The van der Waals surface area contributed by atoms with Crippen LogP contribution in [0.15, 0.2) is 0 Å². The Labute approximate surface area is 127 Å². The van der Waals surface area contributed by atoms with E-state index in [2.05, 4.69) is 6.92 Å². The first-order chi connectivity index (χ1) is 9.84. The minimum Gasteiger partial charge on any atom is -0.481 e. The van der Waals surface area contributed by atoms with Crippen molar-refractivity contribution >= 4 is 17.8 Å². The Bertz CT molecular complexity index is 356. The number of unbranched alkanes of at least 4 members (excludes halogenated alkanes) is 2. The number of carboxylic acid groups (broad SMARTS) is 1. The van der Waals surface area contributed by atoms with Gasteiger partial charge in [0.15, 0.2) is 0 Å². The predicted molar refractivity (Wildman–Crippen MR) is 80.9 cm³/mol. The fourth-order valence-electron chi connectivity index (χ4n) is 2.21. The number of nitrogens with zero attached hydrogens (tertiary/aromatic N) is 2. The van der Waals surface area contributed by atoms with Crippen molar-refractivity contribution in [2.24, 2.45) is 0 Å². The average Bonchev–Trinajstić information content (AvgIpc) is 2.42. The van der Waals surface area contributed by atoms with E-state index in [1.54, 1.807) is 14.1 Å². The Morgan fingerprint density at radius 1 is 1.05 bits per heavy atom. The molecular formula is C15H28N2O4. The first-order valence-electron chi connectivity index (χ1n) is 7.57. The minimum atomic E-state index is -0.957. The molecule has 0 saturated heterocycles. The molecule has 1 atom stereocenters. The lowest BCUT2D eigenvalue weighted by Gasteiger charge is -2.31. The lowest BCUT2D eigenvalue weighted by atomic mass is 10.1. The highest BCUT2D eigenvalue weighted by Crippen LogP contribution is 2.13. The number of hydrogen-bond donors (Lipinski definition) is 1. The second kappa shape index (κ2) is 10.2. The quantitative estimate of drug-likeness (QED) is 0.623. The highest BCUT2D eigenvalue weighted by Gasteiger charge is 2.29. The summed E-state index contributed by atoms with van der Waals surface area (Å²) in [5.41, 5.74) is 0. The fourth-order valence-corrected chi connectivity index (χ4v) is 2.21. The second-order valence-corrected chi connectivity index (χ2v) is 5.32. The molecule has 0 radical (unpaired) electrons. The van der Waals surface area contributed by atoms with Gasteiger partial charge in [-0.3, -0.25) is 14.4 Å². The topological polar surface area (TPSA) is 77.9 Å². The van der Waals surface area contributed by atoms with Gasteiger partial charge in [0, 0.05) is 33.5 Å². The first-order valence-corrected chi connectivity index (χ1v) is 7.57. The molecule has 0 unspecified atom stereocenters. The number of aliphatic carboxylic acids is 1. The molecular weight excluding hydrogens is 272 g/mol. The third-order valence-corrected chi connectivity index (χ3v) is 3.39. The highest BCUT2D eigenvalue weighted by atomic mass is 16.4. The molecule has 122 valence electrons. The minimum absolute atomic E-state index is 0.0726. The highest BCUT2D eigenvalue weighted by molar-refractivity contribution is 5.87. The lowest BCUT2D eigenvalue weighted by molar-refractivity contribution is -0.146. The molecule has 2 amide bonds. The number of likely N-dealkylation sites (N-methyl/N-ethyl adjacent to an activating group) is 2. The maximum Gasteiger partial charge on any atom is 0.303 e. The number of carbonyl (C=O) groups is 3. The molecule has 0 aliphatic heterocycles. The van der Waals surface area contributed by atoms with Gasteiger partial charge in [0.25, 0.3) is 0 Å². The summed E-state index contributed by atoms with van der Waals surface area (Å²) in [6, 6.07) is -0.685. The maximum absolute atomic E-state index is 12.3. The zero-order chi connectivity index (χ0) is 16.4. The molecule has 0 aliphatic carbocycles. The number of amides is 2. The number of rotatable bonds is 10. The van der Waals surface area contributed by atoms with E-state index in [9.17, 15) is 14.4 Å². The fraction of sp³-hybridized carbons (Fsp3) is 0.800. The first kappa shape index (κ1) is 19.4. The molecule has 0 fully saturated rings. The van der Waals surface area contributed by atoms with Gasteiger partial charge in [-0.15, -0.1) is 0 Å². The van der Waals surface area contributed by atoms with Gasteiger partial charge in [0.2, 0.25) is 11.8 Å². The summed E-state index contributed by atoms with van der Waals surface area (Å²) in [4.78, 5) is 38.2. The van der Waals surface area contributed by atoms with Crippen LogP contribution in [0.25, 0.3) is 0 Å². The van der Waals surface area contributed by atoms with Gasteiger partial charge in [-0.25, -0.2) is 0 Å². The molecule has 0 rings (SSSR count). The molecule has 0 aromatic heterocycles. The molecule has 0 aliphatic rings. The van der Waals surface area contributed by atoms with Crippen LogP contribution in [-0.4, -0.2) is 59.4 Å². The summed E-state index contributed by atoms with van der Waals surface area (Å²) in [7, 11) is 3.23. The zero-order valence-electron chi connectivity index (χ0n) is 13.6. The molecule has 0 heterocycles. The van der Waals surface area contributed by atoms with Gasteiger partial charge < -0.3 is 14.9 Å². The van der Waals surface area contributed by atoms with Crippen molar-refractivity contribution in [1.82, 2.24) is 9.80 Å². The normalized spacial score (nSPS) is 11.8. The van der Waals surface area contributed by atoms with E-state index in [4.69, 9.17) is 5.11 Å². The summed E-state index contributed by atoms with van der Waals surface area (Å²) in [6.45, 7) is 4.29. The molecule has 6 nitrogen and oxygen atoms in total. The number of carbonyl (C=O) groups excluding carboxylic acids is 2. The summed E-state index contributed by atoms with van der Waals surface area (Å²) in [5, 5.41) is 8.82. The standard InChI is InChI=1S/C15H28N2O4/c1-5-7-8-9-13(18)17(6-2)12(10-11-14(19)20)15(21)16(3)4/h12H,5-11H2,1-4H3,(H,19,20)/t12-/m0/s1. The second-order valence-electron chi connectivity index (χ2n) is 5.32. The van der Waals surface area contributed by atoms with Crippen molar-refractivity contribution in [3.05, 3.63) is 0 Å². The van der Waals surface area contributed by atoms with Gasteiger partial charge in [-0.1, -0.05) is 19.8 Å². The van der Waals surface area contributed by atoms with E-state index in [0.717, 1.165) is 19.3 Å². The summed E-state index contributed by atoms with van der Waals surface area (Å²) in [5.74, 6) is -1.25. The van der Waals surface area contributed by atoms with E-state index in [1.807, 2.05) is 6.92 Å². The summed E-state index contributed by atoms with van der Waals surface area (Å²) in [6.07, 6.45) is 3.24. The van der Waals surface area contributed by atoms with E-state index in [-0.39, 0.29) is 24.7 Å². The molecule has 0 saturated carbocycles. The van der Waals surface area contributed by atoms with Gasteiger partial charge in [-0.2, -0.15) is 0 Å². The third kappa shape index (κ3) is 7.11. The predicted octanol–water partition coefficient (Wildman–Crippen LogP) is 1.74. The van der Waals surface area contributed by atoms with Crippen LogP contribution in [0.2, 0.25) is 0 Å². The number of hydrogen-bond acceptors (Lipinski definition) is 3. The Morgan fingerprint density at radius 3 is 2.10 bits per heavy atom. The molecule has 21 heavy (non-hydrogen) atoms. The molecule has 0 bridgehead atoms. The van der Waals surface area contributed by atoms with E-state index < -0.39 is 12.0 Å². The van der Waals surface area contributed by atoms with Crippen molar-refractivity contribution in [2.45, 2.75) is 58.4 Å². The lowest BCUT2D eigenvalue weighted by Crippen LogP contribution is -2.49. The SMILES string of the molecule is CCCCCC(=O)N(CC)[C@@H](CCC(=O)O)C(=O)N(C)C. The van der Waals surface area contributed by atoms with E-state index >= 15 is 0 Å². The van der Waals surface area contributed by atoms with E-state index in [1.165, 1.54) is 9.80 Å². The van der Waals surface area contributed by atoms with Crippen LogP contribution in [0, 0.1) is 0 Å². The molecule has 0 aromatic rings. The van der Waals surface area contributed by atoms with Crippen LogP contribution in [0.3, 0.4) is 0 Å². The Hall–Kier alpha value is -1.59. The van der Waals surface area contributed by atoms with Crippen molar-refractivity contribution in [3.8, 4) is 0 Å². The van der Waals surface area contributed by atoms with Crippen LogP contribution in [0.1, 0.15) is 52.4 Å². The van der Waals surface area contributed by atoms with Crippen LogP contribution in [0.4, 0.5) is 0 Å². The van der Waals surface area contributed by atoms with Crippen LogP contribution < -0.4 is 0 Å². The summed E-state index contributed by atoms with van der Waals surface area (Å²) < 4.78 is 0. The zero-order valence-corrected chi connectivity index (χ0v) is 13.6. The third-order valence-electron chi connectivity index (χ3n) is 3.39. The Balaban J connectivity index is 4.91. The molecule has 6 heteroatoms. The van der Waals surface area contributed by atoms with Crippen molar-refractivity contribution < 1.29 is 19.5 Å². The van der Waals surface area contributed by atoms with Gasteiger partial charge in [-0.05, 0) is 19.8 Å². The Kier molecular flexibility index (Phi) is 9.41. The van der Waals surface area contributed by atoms with Crippen molar-refractivity contribution in [2.75, 3.05) is 20.6 Å². The molecule has 0 aromatic carbocycles. The molecule has 1 N–H and O–H groups in total. The van der Waals surface area contributed by atoms with Crippen LogP contribution in [0.5, 0.6) is 0 Å². The molecule has 0 spiro atoms. The van der Waals surface area contributed by atoms with Crippen LogP contribution >= 0.6 is 0 Å². The van der Waals surface area contributed by atoms with Gasteiger partial charge in [0.1, 0.15) is 6.04 Å². The average molecular weight is 300 g/mol. The maximum atomic E-state index is 12.3. The van der Waals surface area contributed by atoms with Gasteiger partial charge in [0.05, 0.1) is 0 Å². The van der Waals surface area contributed by atoms with E-state index in [0.29, 0.717) is 13.0 Å². The van der Waals surface area contributed by atoms with Gasteiger partial charge >= 0.3 is 5.97 Å².